The molecule has 394 valence electrons. The molecule has 0 bridgehead atoms. The Balaban J connectivity index is 1.08. The van der Waals surface area contributed by atoms with E-state index in [0.29, 0.717) is 36.4 Å². The third-order valence-electron chi connectivity index (χ3n) is 16.3. The number of nitrogens with zero attached hydrogens (tertiary/aromatic N) is 6. The molecule has 2 aliphatic carbocycles. The molecule has 0 radical (unpaired) electrons. The summed E-state index contributed by atoms with van der Waals surface area (Å²) in [6.45, 7) is 32.4. The number of guanidine groups is 1. The molecule has 6 rings (SSSR count). The fourth-order valence-electron chi connectivity index (χ4n) is 14.2. The van der Waals surface area contributed by atoms with Crippen LogP contribution in [0, 0.1) is 11.8 Å². The Morgan fingerprint density at radius 3 is 1.53 bits per heavy atom. The topological polar surface area (TPSA) is 130 Å². The monoisotopic (exact) mass is 977 g/mol. The van der Waals surface area contributed by atoms with Gasteiger partial charge in [0.1, 0.15) is 0 Å². The number of unbranched alkanes of at least 4 members (excludes halogenated alkanes) is 2. The van der Waals surface area contributed by atoms with Crippen molar-refractivity contribution in [3.05, 3.63) is 0 Å². The Bertz CT molecular complexity index is 1630. The summed E-state index contributed by atoms with van der Waals surface area (Å²) in [4.78, 5) is 32.0. The second-order valence-electron chi connectivity index (χ2n) is 26.7. The lowest BCUT2D eigenvalue weighted by Gasteiger charge is -2.60. The van der Waals surface area contributed by atoms with E-state index in [1.165, 1.54) is 70.6 Å². The van der Waals surface area contributed by atoms with Crippen LogP contribution in [0.3, 0.4) is 0 Å². The Labute approximate surface area is 419 Å². The first-order valence-corrected chi connectivity index (χ1v) is 27.8. The zero-order valence-corrected chi connectivity index (χ0v) is 46.4. The van der Waals surface area contributed by atoms with Gasteiger partial charge in [-0.1, -0.05) is 64.2 Å². The first kappa shape index (κ1) is 56.2. The van der Waals surface area contributed by atoms with E-state index >= 15 is 0 Å². The van der Waals surface area contributed by atoms with Crippen LogP contribution in [0.1, 0.15) is 232 Å². The lowest BCUT2D eigenvalue weighted by atomic mass is 9.73. The van der Waals surface area contributed by atoms with E-state index < -0.39 is 35.1 Å². The van der Waals surface area contributed by atoms with Crippen LogP contribution in [-0.4, -0.2) is 131 Å². The van der Waals surface area contributed by atoms with E-state index in [0.717, 1.165) is 70.9 Å². The number of aliphatic hydroxyl groups is 2. The maximum absolute atomic E-state index is 12.0. The number of hydrogen-bond donors (Lipinski definition) is 4. The Hall–Kier alpha value is -1.13. The summed E-state index contributed by atoms with van der Waals surface area (Å²) in [6.07, 6.45) is 23.4. The van der Waals surface area contributed by atoms with Crippen LogP contribution in [0.4, 0.5) is 0 Å². The quantitative estimate of drug-likeness (QED) is 0.0729. The second kappa shape index (κ2) is 22.6. The predicted octanol–water partition coefficient (Wildman–Crippen LogP) is 10.8. The normalized spacial score (nSPS) is 30.0. The summed E-state index contributed by atoms with van der Waals surface area (Å²) in [7, 11) is 0. The number of rotatable bonds is 19. The Kier molecular flexibility index (Phi) is 18.6. The van der Waals surface area contributed by atoms with Gasteiger partial charge >= 0.3 is 0 Å². The summed E-state index contributed by atoms with van der Waals surface area (Å²) in [5.41, 5.74) is -2.38. The van der Waals surface area contributed by atoms with Crippen LogP contribution < -0.4 is 10.6 Å². The number of aliphatic imine (C=N–C) groups is 2. The van der Waals surface area contributed by atoms with Gasteiger partial charge < -0.3 is 20.4 Å². The molecule has 0 spiro atoms. The Morgan fingerprint density at radius 1 is 0.632 bits per heavy atom. The van der Waals surface area contributed by atoms with E-state index in [-0.39, 0.29) is 34.1 Å². The molecule has 13 nitrogen and oxygen atoms in total. The van der Waals surface area contributed by atoms with Gasteiger partial charge in [-0.15, -0.1) is 0 Å². The molecule has 0 amide bonds. The van der Waals surface area contributed by atoms with Gasteiger partial charge in [-0.3, -0.25) is 19.8 Å². The Morgan fingerprint density at radius 2 is 1.07 bits per heavy atom. The lowest BCUT2D eigenvalue weighted by molar-refractivity contribution is -0.319. The highest BCUT2D eigenvalue weighted by atomic mass is 35.5. The highest BCUT2D eigenvalue weighted by molar-refractivity contribution is 6.65. The van der Waals surface area contributed by atoms with Crippen LogP contribution in [0.5, 0.6) is 0 Å². The smallest absolute Gasteiger partial charge is 0.224 e. The van der Waals surface area contributed by atoms with Gasteiger partial charge in [0.05, 0.1) is 42.1 Å². The van der Waals surface area contributed by atoms with Crippen molar-refractivity contribution in [2.75, 3.05) is 19.7 Å². The molecule has 3 saturated heterocycles. The van der Waals surface area contributed by atoms with Gasteiger partial charge in [0, 0.05) is 34.2 Å². The number of nitrogens with one attached hydrogen (secondary N) is 2. The molecule has 0 aromatic carbocycles. The molecule has 4 heterocycles. The fraction of sp³-hybridized carbons (Fsp3) is 0.963. The highest BCUT2D eigenvalue weighted by Gasteiger charge is 2.57. The minimum Gasteiger partial charge on any atom is -0.391 e. The number of hydrogen-bond acceptors (Lipinski definition) is 13. The molecule has 0 aromatic rings. The van der Waals surface area contributed by atoms with Gasteiger partial charge in [-0.25, -0.2) is 4.99 Å². The molecule has 2 saturated carbocycles. The van der Waals surface area contributed by atoms with Gasteiger partial charge in [0.2, 0.25) is 11.3 Å². The minimum atomic E-state index is -1.03. The standard InChI is InChI=1S/C54H101ClN8O5/c1-48(2)33-39(34-49(3,4)61(48)67-41-27-17-15-18-28-41)25-21-23-31-56-46-58-45(55)60(44-43(64)37-52(9,10)63(54(44,13)14)66-38-53(11,12)65)47(59-46)57-32-24-22-26-40-35-50(5,6)62(51(7,8)36-40)68-42-29-19-16-20-30-42/h39-44,47,57,64-65H,15-38H2,1-14H3,(H,56,59). The van der Waals surface area contributed by atoms with Gasteiger partial charge in [-0.05, 0) is 198 Å². The van der Waals surface area contributed by atoms with E-state index in [4.69, 9.17) is 36.1 Å². The number of halogens is 1. The zero-order valence-electron chi connectivity index (χ0n) is 45.7. The van der Waals surface area contributed by atoms with Crippen LogP contribution in [0.25, 0.3) is 0 Å². The lowest BCUT2D eigenvalue weighted by Crippen LogP contribution is -2.75. The third kappa shape index (κ3) is 14.3. The molecule has 14 heteroatoms. The molecular weight excluding hydrogens is 876 g/mol. The molecule has 3 unspecified atom stereocenters. The summed E-state index contributed by atoms with van der Waals surface area (Å²) >= 11 is 7.28. The fourth-order valence-corrected chi connectivity index (χ4v) is 14.5. The van der Waals surface area contributed by atoms with E-state index in [1.54, 1.807) is 13.8 Å². The van der Waals surface area contributed by atoms with Crippen LogP contribution >= 0.6 is 11.6 Å². The van der Waals surface area contributed by atoms with Crippen molar-refractivity contribution >= 4 is 22.9 Å². The van der Waals surface area contributed by atoms with Crippen molar-refractivity contribution in [1.82, 2.24) is 30.7 Å². The summed E-state index contributed by atoms with van der Waals surface area (Å²) in [5, 5.41) is 37.1. The summed E-state index contributed by atoms with van der Waals surface area (Å²) in [5.74, 6) is 1.78. The molecule has 5 fully saturated rings. The molecule has 3 atom stereocenters. The van der Waals surface area contributed by atoms with Crippen molar-refractivity contribution in [2.45, 2.75) is 301 Å². The van der Waals surface area contributed by atoms with Crippen LogP contribution in [-0.2, 0) is 14.5 Å². The molecule has 0 aromatic heterocycles. The van der Waals surface area contributed by atoms with Crippen molar-refractivity contribution in [3.8, 4) is 0 Å². The number of aliphatic hydroxyl groups excluding tert-OH is 1. The largest absolute Gasteiger partial charge is 0.391 e. The molecule has 4 N–H and O–H groups in total. The maximum atomic E-state index is 12.0. The van der Waals surface area contributed by atoms with Gasteiger partial charge in [0.25, 0.3) is 0 Å². The maximum Gasteiger partial charge on any atom is 0.224 e. The van der Waals surface area contributed by atoms with E-state index in [9.17, 15) is 10.2 Å². The van der Waals surface area contributed by atoms with E-state index in [1.807, 2.05) is 9.96 Å². The number of amidine groups is 1. The molecule has 68 heavy (non-hydrogen) atoms. The van der Waals surface area contributed by atoms with Crippen LogP contribution in [0.2, 0.25) is 0 Å². The summed E-state index contributed by atoms with van der Waals surface area (Å²) in [6, 6.07) is -0.519. The van der Waals surface area contributed by atoms with E-state index in [2.05, 4.69) is 104 Å². The van der Waals surface area contributed by atoms with Crippen molar-refractivity contribution in [3.63, 3.8) is 0 Å². The zero-order chi connectivity index (χ0) is 49.9. The van der Waals surface area contributed by atoms with Crippen LogP contribution in [0.15, 0.2) is 9.98 Å². The average molecular weight is 978 g/mol. The first-order valence-electron chi connectivity index (χ1n) is 27.5. The molecular formula is C54H101ClN8O5. The molecule has 6 aliphatic rings. The van der Waals surface area contributed by atoms with Crippen molar-refractivity contribution in [1.29, 1.82) is 0 Å². The number of piperidine rings is 3. The summed E-state index contributed by atoms with van der Waals surface area (Å²) < 4.78 is 0. The highest BCUT2D eigenvalue weighted by Crippen LogP contribution is 2.47. The minimum absolute atomic E-state index is 0.0119. The number of hydroxylamine groups is 6. The predicted molar refractivity (Wildman–Crippen MR) is 278 cm³/mol. The third-order valence-corrected chi connectivity index (χ3v) is 16.6. The van der Waals surface area contributed by atoms with Gasteiger partial charge in [0.15, 0.2) is 6.29 Å². The van der Waals surface area contributed by atoms with Crippen molar-refractivity contribution < 1.29 is 24.7 Å². The second-order valence-corrected chi connectivity index (χ2v) is 27.0. The first-order chi connectivity index (χ1) is 31.6. The van der Waals surface area contributed by atoms with Crippen molar-refractivity contribution in [2.24, 2.45) is 21.8 Å². The SMILES string of the molecule is CC(C)(O)CON1C(C)(C)CC(O)C(N2C(Cl)=NC(NCCCCC3CC(C)(C)N(OC4CCCCC4)C(C)(C)C3)=NC2NCCCCC2CC(C)(C)N(OC3CCCCC3)C(C)(C)C2)C1(C)C. The van der Waals surface area contributed by atoms with Gasteiger partial charge in [-0.2, -0.15) is 20.2 Å². The molecule has 4 aliphatic heterocycles. The average Bonchev–Trinajstić information content (AvgIpc) is 3.20.